The van der Waals surface area contributed by atoms with Gasteiger partial charge in [-0.2, -0.15) is 0 Å². The van der Waals surface area contributed by atoms with Crippen LogP contribution >= 0.6 is 23.4 Å². The van der Waals surface area contributed by atoms with Gasteiger partial charge in [-0.1, -0.05) is 49.8 Å². The molecule has 368 valence electrons. The van der Waals surface area contributed by atoms with Crippen LogP contribution in [0, 0.1) is 5.82 Å². The number of hydrogen-bond donors (Lipinski definition) is 3. The Balaban J connectivity index is 0.656. The van der Waals surface area contributed by atoms with E-state index < -0.39 is 11.9 Å². The molecule has 1 aromatic heterocycles. The van der Waals surface area contributed by atoms with Crippen molar-refractivity contribution >= 4 is 81.0 Å². The fourth-order valence-corrected chi connectivity index (χ4v) is 11.2. The van der Waals surface area contributed by atoms with Gasteiger partial charge in [-0.15, -0.1) is 11.8 Å². The normalized spacial score (nSPS) is 18.1. The highest BCUT2D eigenvalue weighted by Crippen LogP contribution is 2.36. The molecule has 4 aromatic rings. The van der Waals surface area contributed by atoms with Crippen molar-refractivity contribution in [3.8, 4) is 5.75 Å². The third kappa shape index (κ3) is 12.9. The Hall–Kier alpha value is -5.36. The number of halogens is 2. The molecule has 0 spiro atoms. The Kier molecular flexibility index (Phi) is 17.4. The smallest absolute Gasteiger partial charge is 0.255 e. The van der Waals surface area contributed by atoms with Crippen molar-refractivity contribution in [2.75, 3.05) is 69.3 Å². The summed E-state index contributed by atoms with van der Waals surface area (Å²) in [5.74, 6) is 0.796. The van der Waals surface area contributed by atoms with E-state index in [9.17, 15) is 28.4 Å². The maximum absolute atomic E-state index is 13.7. The summed E-state index contributed by atoms with van der Waals surface area (Å²) < 4.78 is 19.3. The van der Waals surface area contributed by atoms with Crippen LogP contribution in [0.2, 0.25) is 5.02 Å². The first kappa shape index (κ1) is 50.0. The first-order valence-corrected chi connectivity index (χ1v) is 25.9. The number of rotatable bonds is 21. The number of hydrogen-bond acceptors (Lipinski definition) is 12. The van der Waals surface area contributed by atoms with Gasteiger partial charge in [0, 0.05) is 85.6 Å². The number of imide groups is 1. The SMILES string of the molecule is COc1cc2ncnc(Nc3ccc(F)c(Cl)c3)c2cc1NC(=O)CCCN1CCC(N2CCN(C(=O)CCCCCCCCCSc3cccc4c3CN(C3CCC(=O)NC3=O)C4=O)CC2)CC1. The highest BCUT2D eigenvalue weighted by Gasteiger charge is 2.40. The molecule has 1 unspecified atom stereocenters. The number of anilines is 3. The van der Waals surface area contributed by atoms with E-state index >= 15 is 0 Å². The lowest BCUT2D eigenvalue weighted by atomic mass is 10.0. The molecule has 3 saturated heterocycles. The standard InChI is InChI=1S/C51H63ClFN9O6S/c1-68-44-31-41-37(49(55-33-54-41)56-34-15-16-40(53)39(52)29-34)30-42(44)57-46(63)13-10-21-59-22-19-35(20-23-59)60-24-26-61(27-25-60)48(65)14-7-5-3-2-4-6-8-28-69-45-12-9-11-36-38(45)32-62(51(36)67)43-17-18-47(64)58-50(43)66/h9,11-12,15-16,29-31,33,35,43H,2-8,10,13-14,17-28,32H2,1H3,(H,57,63)(H,54,55,56)(H,58,64,66). The lowest BCUT2D eigenvalue weighted by Gasteiger charge is -2.42. The van der Waals surface area contributed by atoms with E-state index in [-0.39, 0.29) is 41.0 Å². The highest BCUT2D eigenvalue weighted by molar-refractivity contribution is 7.99. The Labute approximate surface area is 412 Å². The monoisotopic (exact) mass is 983 g/mol. The summed E-state index contributed by atoms with van der Waals surface area (Å²) in [6.45, 7) is 6.66. The zero-order chi connectivity index (χ0) is 48.3. The molecule has 3 N–H and O–H groups in total. The molecular formula is C51H63ClFN9O6S. The zero-order valence-corrected chi connectivity index (χ0v) is 41.0. The number of thioether (sulfide) groups is 1. The van der Waals surface area contributed by atoms with Gasteiger partial charge in [-0.05, 0) is 106 Å². The van der Waals surface area contributed by atoms with E-state index in [0.717, 1.165) is 113 Å². The van der Waals surface area contributed by atoms with Gasteiger partial charge in [-0.3, -0.25) is 34.2 Å². The number of aromatic nitrogens is 2. The highest BCUT2D eigenvalue weighted by atomic mass is 35.5. The molecule has 18 heteroatoms. The first-order chi connectivity index (χ1) is 33.5. The van der Waals surface area contributed by atoms with Gasteiger partial charge in [0.2, 0.25) is 23.6 Å². The number of fused-ring (bicyclic) bond motifs is 2. The van der Waals surface area contributed by atoms with Crippen LogP contribution < -0.4 is 20.7 Å². The fraction of sp³-hybridized carbons (Fsp3) is 0.510. The summed E-state index contributed by atoms with van der Waals surface area (Å²) in [5, 5.41) is 9.20. The zero-order valence-electron chi connectivity index (χ0n) is 39.4. The number of carbonyl (C=O) groups excluding carboxylic acids is 5. The number of piperidine rings is 2. The molecule has 0 bridgehead atoms. The van der Waals surface area contributed by atoms with Crippen molar-refractivity contribution in [2.24, 2.45) is 0 Å². The number of likely N-dealkylation sites (tertiary alicyclic amines) is 1. The third-order valence-corrected chi connectivity index (χ3v) is 15.3. The van der Waals surface area contributed by atoms with Crippen molar-refractivity contribution in [1.29, 1.82) is 0 Å². The summed E-state index contributed by atoms with van der Waals surface area (Å²) in [6.07, 6.45) is 13.6. The molecule has 1 atom stereocenters. The average Bonchev–Trinajstić information content (AvgIpc) is 3.69. The minimum absolute atomic E-state index is 0.00757. The maximum atomic E-state index is 13.7. The number of amides is 5. The Morgan fingerprint density at radius 3 is 2.41 bits per heavy atom. The van der Waals surface area contributed by atoms with Crippen molar-refractivity contribution < 1.29 is 33.1 Å². The van der Waals surface area contributed by atoms with Crippen LogP contribution in [0.25, 0.3) is 10.9 Å². The van der Waals surface area contributed by atoms with Gasteiger partial charge in [0.25, 0.3) is 5.91 Å². The van der Waals surface area contributed by atoms with Gasteiger partial charge in [-0.25, -0.2) is 14.4 Å². The molecule has 8 rings (SSSR count). The molecule has 3 aromatic carbocycles. The van der Waals surface area contributed by atoms with Crippen molar-refractivity contribution in [3.05, 3.63) is 76.8 Å². The largest absolute Gasteiger partial charge is 0.494 e. The van der Waals surface area contributed by atoms with Crippen LogP contribution in [0.1, 0.15) is 106 Å². The van der Waals surface area contributed by atoms with E-state index in [0.29, 0.717) is 71.3 Å². The number of piperazine rings is 1. The van der Waals surface area contributed by atoms with E-state index in [1.165, 1.54) is 31.3 Å². The molecule has 0 saturated carbocycles. The molecule has 15 nitrogen and oxygen atoms in total. The van der Waals surface area contributed by atoms with E-state index in [2.05, 4.69) is 46.7 Å². The Morgan fingerprint density at radius 2 is 1.65 bits per heavy atom. The molecule has 0 aliphatic carbocycles. The first-order valence-electron chi connectivity index (χ1n) is 24.5. The number of ether oxygens (including phenoxy) is 1. The van der Waals surface area contributed by atoms with E-state index in [1.807, 2.05) is 12.1 Å². The van der Waals surface area contributed by atoms with Crippen molar-refractivity contribution in [1.82, 2.24) is 34.9 Å². The quantitative estimate of drug-likeness (QED) is 0.0417. The number of carbonyl (C=O) groups is 5. The van der Waals surface area contributed by atoms with Crippen LogP contribution in [0.4, 0.5) is 21.6 Å². The lowest BCUT2D eigenvalue weighted by molar-refractivity contribution is -0.137. The van der Waals surface area contributed by atoms with Crippen molar-refractivity contribution in [3.63, 3.8) is 0 Å². The Bertz CT molecular complexity index is 2500. The Morgan fingerprint density at radius 1 is 0.884 bits per heavy atom. The van der Waals surface area contributed by atoms with Gasteiger partial charge in [0.05, 0.1) is 23.3 Å². The van der Waals surface area contributed by atoms with Gasteiger partial charge < -0.3 is 30.1 Å². The van der Waals surface area contributed by atoms with Crippen LogP contribution in [0.5, 0.6) is 5.75 Å². The van der Waals surface area contributed by atoms with Gasteiger partial charge in [0.1, 0.15) is 29.8 Å². The minimum atomic E-state index is -0.598. The average molecular weight is 985 g/mol. The van der Waals surface area contributed by atoms with Crippen LogP contribution in [-0.2, 0) is 25.7 Å². The van der Waals surface area contributed by atoms with E-state index in [4.69, 9.17) is 16.3 Å². The second-order valence-electron chi connectivity index (χ2n) is 18.4. The predicted octanol–water partition coefficient (Wildman–Crippen LogP) is 8.18. The van der Waals surface area contributed by atoms with Crippen LogP contribution in [-0.4, -0.2) is 130 Å². The summed E-state index contributed by atoms with van der Waals surface area (Å²) in [7, 11) is 1.55. The fourth-order valence-electron chi connectivity index (χ4n) is 9.98. The summed E-state index contributed by atoms with van der Waals surface area (Å²) in [4.78, 5) is 81.9. The number of nitrogens with zero attached hydrogens (tertiary/aromatic N) is 6. The van der Waals surface area contributed by atoms with Crippen LogP contribution in [0.15, 0.2) is 59.8 Å². The number of benzene rings is 3. The maximum Gasteiger partial charge on any atom is 0.255 e. The number of methoxy groups -OCH3 is 1. The van der Waals surface area contributed by atoms with Crippen molar-refractivity contribution in [2.45, 2.75) is 113 Å². The summed E-state index contributed by atoms with van der Waals surface area (Å²) in [5.41, 5.74) is 3.34. The van der Waals surface area contributed by atoms with Gasteiger partial charge >= 0.3 is 0 Å². The van der Waals surface area contributed by atoms with E-state index in [1.54, 1.807) is 42.0 Å². The molecule has 3 fully saturated rings. The number of unbranched alkanes of at least 4 members (excludes halogenated alkanes) is 6. The molecule has 4 aliphatic heterocycles. The summed E-state index contributed by atoms with van der Waals surface area (Å²) in [6, 6.07) is 13.6. The minimum Gasteiger partial charge on any atom is -0.494 e. The van der Waals surface area contributed by atoms with Gasteiger partial charge in [0.15, 0.2) is 0 Å². The lowest BCUT2D eigenvalue weighted by Crippen LogP contribution is -2.54. The van der Waals surface area contributed by atoms with Crippen LogP contribution in [0.3, 0.4) is 0 Å². The second-order valence-corrected chi connectivity index (χ2v) is 20.0. The molecular weight excluding hydrogens is 921 g/mol. The molecule has 0 radical (unpaired) electrons. The molecule has 69 heavy (non-hydrogen) atoms. The molecule has 4 aliphatic rings. The second kappa shape index (κ2) is 24.0. The topological polar surface area (TPSA) is 169 Å². The third-order valence-electron chi connectivity index (χ3n) is 13.9. The predicted molar refractivity (Wildman–Crippen MR) is 266 cm³/mol. The molecule has 5 amide bonds. The molecule has 5 heterocycles. The summed E-state index contributed by atoms with van der Waals surface area (Å²) >= 11 is 7.76. The number of nitrogens with one attached hydrogen (secondary N) is 3.